The Labute approximate surface area is 204 Å². The zero-order valence-electron chi connectivity index (χ0n) is 18.0. The van der Waals surface area contributed by atoms with E-state index in [9.17, 15) is 14.4 Å². The van der Waals surface area contributed by atoms with Crippen molar-refractivity contribution in [3.8, 4) is 11.5 Å². The van der Waals surface area contributed by atoms with E-state index in [0.29, 0.717) is 23.6 Å². The van der Waals surface area contributed by atoms with Crippen molar-refractivity contribution in [1.82, 2.24) is 5.32 Å². The van der Waals surface area contributed by atoms with E-state index in [1.165, 1.54) is 6.21 Å². The summed E-state index contributed by atoms with van der Waals surface area (Å²) in [6, 6.07) is 12.2. The topological polar surface area (TPSA) is 139 Å². The van der Waals surface area contributed by atoms with Crippen LogP contribution in [0.25, 0.3) is 0 Å². The monoisotopic (exact) mass is 504 g/mol. The first kappa shape index (κ1) is 25.1. The largest absolute Gasteiger partial charge is 0.490 e. The summed E-state index contributed by atoms with van der Waals surface area (Å²) < 4.78 is 11.2. The highest BCUT2D eigenvalue weighted by Gasteiger charge is 2.32. The van der Waals surface area contributed by atoms with Gasteiger partial charge >= 0.3 is 5.97 Å². The van der Waals surface area contributed by atoms with E-state index in [2.05, 4.69) is 20.8 Å². The second-order valence-electron chi connectivity index (χ2n) is 6.81. The van der Waals surface area contributed by atoms with Crippen LogP contribution in [-0.2, 0) is 14.4 Å². The van der Waals surface area contributed by atoms with Gasteiger partial charge in [0, 0.05) is 11.3 Å². The van der Waals surface area contributed by atoms with Crippen LogP contribution in [0.3, 0.4) is 0 Å². The zero-order valence-corrected chi connectivity index (χ0v) is 19.6. The maximum atomic E-state index is 12.2. The molecule has 0 aromatic heterocycles. The van der Waals surface area contributed by atoms with Crippen molar-refractivity contribution >= 4 is 58.2 Å². The molecular formula is C22H21ClN4O6S. The summed E-state index contributed by atoms with van der Waals surface area (Å²) in [4.78, 5) is 34.7. The fourth-order valence-electron chi connectivity index (χ4n) is 2.81. The molecule has 1 atom stereocenters. The number of amidine groups is 1. The molecule has 178 valence electrons. The summed E-state index contributed by atoms with van der Waals surface area (Å²) in [6.07, 6.45) is 1.09. The molecule has 12 heteroatoms. The van der Waals surface area contributed by atoms with Gasteiger partial charge in [0.25, 0.3) is 5.91 Å². The van der Waals surface area contributed by atoms with Gasteiger partial charge in [-0.05, 0) is 31.2 Å². The second-order valence-corrected chi connectivity index (χ2v) is 8.41. The molecule has 2 aromatic carbocycles. The van der Waals surface area contributed by atoms with Crippen LogP contribution in [0.1, 0.15) is 18.9 Å². The molecule has 1 fully saturated rings. The summed E-state index contributed by atoms with van der Waals surface area (Å²) in [5.41, 5.74) is 1.18. The van der Waals surface area contributed by atoms with E-state index in [-0.39, 0.29) is 34.9 Å². The first-order valence-electron chi connectivity index (χ1n) is 10.1. The Morgan fingerprint density at radius 2 is 2.03 bits per heavy atom. The van der Waals surface area contributed by atoms with E-state index in [1.807, 2.05) is 6.07 Å². The average molecular weight is 505 g/mol. The number of anilines is 1. The van der Waals surface area contributed by atoms with Crippen molar-refractivity contribution in [2.24, 2.45) is 10.2 Å². The van der Waals surface area contributed by atoms with Crippen LogP contribution in [0.4, 0.5) is 5.69 Å². The van der Waals surface area contributed by atoms with Crippen LogP contribution in [0, 0.1) is 0 Å². The number of hydrogen-bond donors (Lipinski definition) is 3. The Morgan fingerprint density at radius 3 is 2.74 bits per heavy atom. The Morgan fingerprint density at radius 1 is 1.26 bits per heavy atom. The van der Waals surface area contributed by atoms with Crippen molar-refractivity contribution in [2.45, 2.75) is 18.6 Å². The van der Waals surface area contributed by atoms with E-state index in [4.69, 9.17) is 26.2 Å². The van der Waals surface area contributed by atoms with Gasteiger partial charge in [0.05, 0.1) is 24.3 Å². The molecule has 0 bridgehead atoms. The minimum Gasteiger partial charge on any atom is -0.490 e. The second kappa shape index (κ2) is 12.1. The number of thioether (sulfide) groups is 1. The van der Waals surface area contributed by atoms with Gasteiger partial charge in [-0.2, -0.15) is 5.10 Å². The molecule has 3 rings (SSSR count). The quantitative estimate of drug-likeness (QED) is 0.333. The van der Waals surface area contributed by atoms with Crippen molar-refractivity contribution < 1.29 is 29.0 Å². The van der Waals surface area contributed by atoms with Crippen LogP contribution < -0.4 is 20.1 Å². The lowest BCUT2D eigenvalue weighted by molar-refractivity contribution is -0.138. The van der Waals surface area contributed by atoms with Crippen molar-refractivity contribution in [1.29, 1.82) is 0 Å². The van der Waals surface area contributed by atoms with E-state index in [1.54, 1.807) is 43.3 Å². The first-order valence-corrected chi connectivity index (χ1v) is 11.4. The van der Waals surface area contributed by atoms with Gasteiger partial charge in [0.15, 0.2) is 23.3 Å². The summed E-state index contributed by atoms with van der Waals surface area (Å²) in [7, 11) is 0. The molecule has 3 N–H and O–H groups in total. The lowest BCUT2D eigenvalue weighted by Crippen LogP contribution is -2.26. The number of halogens is 1. The minimum atomic E-state index is -1.07. The van der Waals surface area contributed by atoms with Crippen LogP contribution in [-0.4, -0.2) is 52.7 Å². The maximum Gasteiger partial charge on any atom is 0.305 e. The number of carboxylic acid groups (broad SMARTS) is 1. The van der Waals surface area contributed by atoms with E-state index < -0.39 is 17.1 Å². The molecule has 1 aliphatic rings. The highest BCUT2D eigenvalue weighted by Crippen LogP contribution is 2.36. The number of carboxylic acids is 1. The fraction of sp³-hybridized carbons (Fsp3) is 0.227. The molecule has 0 saturated carbocycles. The SMILES string of the molecule is CCOc1cc(C=NN=C2NC(=O)C(CC(=O)O)S2)cc(Cl)c1OCC(=O)Nc1ccccc1. The van der Waals surface area contributed by atoms with Gasteiger partial charge in [-0.1, -0.05) is 41.6 Å². The molecule has 1 saturated heterocycles. The summed E-state index contributed by atoms with van der Waals surface area (Å²) in [5.74, 6) is -1.33. The molecule has 0 spiro atoms. The predicted octanol–water partition coefficient (Wildman–Crippen LogP) is 3.15. The Bertz CT molecular complexity index is 1130. The Kier molecular flexibility index (Phi) is 8.88. The van der Waals surface area contributed by atoms with Crippen LogP contribution in [0.15, 0.2) is 52.7 Å². The molecule has 1 heterocycles. The highest BCUT2D eigenvalue weighted by molar-refractivity contribution is 8.15. The Hall–Kier alpha value is -3.57. The average Bonchev–Trinajstić information content (AvgIpc) is 3.12. The summed E-state index contributed by atoms with van der Waals surface area (Å²) in [6.45, 7) is 1.85. The third-order valence-corrected chi connectivity index (χ3v) is 5.58. The number of para-hydroxylation sites is 1. The number of rotatable bonds is 10. The lowest BCUT2D eigenvalue weighted by atomic mass is 10.2. The van der Waals surface area contributed by atoms with E-state index in [0.717, 1.165) is 11.8 Å². The fourth-order valence-corrected chi connectivity index (χ4v) is 4.00. The zero-order chi connectivity index (χ0) is 24.5. The van der Waals surface area contributed by atoms with Gasteiger partial charge in [-0.3, -0.25) is 14.4 Å². The van der Waals surface area contributed by atoms with Crippen LogP contribution in [0.5, 0.6) is 11.5 Å². The number of nitrogens with one attached hydrogen (secondary N) is 2. The molecule has 1 aliphatic heterocycles. The molecule has 2 aromatic rings. The number of hydrogen-bond acceptors (Lipinski definition) is 8. The van der Waals surface area contributed by atoms with Crippen molar-refractivity contribution in [3.63, 3.8) is 0 Å². The third-order valence-electron chi connectivity index (χ3n) is 4.23. The smallest absolute Gasteiger partial charge is 0.305 e. The summed E-state index contributed by atoms with van der Waals surface area (Å²) in [5, 5.41) is 21.5. The number of aliphatic carboxylic acids is 1. The molecule has 34 heavy (non-hydrogen) atoms. The standard InChI is InChI=1S/C22H21ClN4O6S/c1-2-32-16-9-13(11-24-27-22-26-21(31)17(34-22)10-19(29)30)8-15(23)20(16)33-12-18(28)25-14-6-4-3-5-7-14/h3-9,11,17H,2,10,12H2,1H3,(H,25,28)(H,29,30)(H,26,27,31). The molecule has 1 unspecified atom stereocenters. The van der Waals surface area contributed by atoms with Crippen molar-refractivity contribution in [2.75, 3.05) is 18.5 Å². The van der Waals surface area contributed by atoms with Crippen LogP contribution >= 0.6 is 23.4 Å². The van der Waals surface area contributed by atoms with Gasteiger partial charge in [-0.25, -0.2) is 0 Å². The van der Waals surface area contributed by atoms with E-state index >= 15 is 0 Å². The molecule has 10 nitrogen and oxygen atoms in total. The van der Waals surface area contributed by atoms with Gasteiger partial charge < -0.3 is 25.2 Å². The lowest BCUT2D eigenvalue weighted by Gasteiger charge is -2.14. The molecular weight excluding hydrogens is 484 g/mol. The molecule has 2 amide bonds. The minimum absolute atomic E-state index is 0.202. The molecule has 0 aliphatic carbocycles. The number of carbonyl (C=O) groups is 3. The molecule has 0 radical (unpaired) electrons. The highest BCUT2D eigenvalue weighted by atomic mass is 35.5. The number of carbonyl (C=O) groups excluding carboxylic acids is 2. The van der Waals surface area contributed by atoms with Gasteiger partial charge in [0.2, 0.25) is 5.91 Å². The normalized spacial score (nSPS) is 16.5. The predicted molar refractivity (Wildman–Crippen MR) is 130 cm³/mol. The third kappa shape index (κ3) is 7.22. The first-order chi connectivity index (χ1) is 16.4. The maximum absolute atomic E-state index is 12.2. The number of ether oxygens (including phenoxy) is 2. The van der Waals surface area contributed by atoms with Crippen LogP contribution in [0.2, 0.25) is 5.02 Å². The van der Waals surface area contributed by atoms with Crippen molar-refractivity contribution in [3.05, 3.63) is 53.1 Å². The van der Waals surface area contributed by atoms with Gasteiger partial charge in [-0.15, -0.1) is 5.10 Å². The summed E-state index contributed by atoms with van der Waals surface area (Å²) >= 11 is 7.35. The Balaban J connectivity index is 1.66. The number of nitrogens with zero attached hydrogens (tertiary/aromatic N) is 2. The van der Waals surface area contributed by atoms with Gasteiger partial charge in [0.1, 0.15) is 5.25 Å². The number of amides is 2. The number of benzene rings is 2.